The zero-order valence-electron chi connectivity index (χ0n) is 20.4. The molecule has 0 saturated heterocycles. The molecule has 11 heteroatoms. The first kappa shape index (κ1) is 27.2. The van der Waals surface area contributed by atoms with Gasteiger partial charge in [0.05, 0.1) is 12.7 Å². The van der Waals surface area contributed by atoms with Crippen LogP contribution in [0.4, 0.5) is 14.5 Å². The van der Waals surface area contributed by atoms with Crippen molar-refractivity contribution in [3.63, 3.8) is 0 Å². The molecule has 0 bridgehead atoms. The molecular weight excluding hydrogens is 492 g/mol. The summed E-state index contributed by atoms with van der Waals surface area (Å²) in [6, 6.07) is 14.0. The van der Waals surface area contributed by atoms with Gasteiger partial charge in [-0.25, -0.2) is 18.8 Å². The van der Waals surface area contributed by atoms with Crippen LogP contribution in [0, 0.1) is 0 Å². The van der Waals surface area contributed by atoms with E-state index in [1.54, 1.807) is 24.3 Å². The van der Waals surface area contributed by atoms with Crippen LogP contribution in [0.2, 0.25) is 0 Å². The fraction of sp³-hybridized carbons (Fsp3) is 0.320. The second-order valence-corrected chi connectivity index (χ2v) is 13.0. The lowest BCUT2D eigenvalue weighted by molar-refractivity contribution is -0.120. The molecule has 0 aliphatic rings. The largest absolute Gasteiger partial charge is 0.491 e. The highest BCUT2D eigenvalue weighted by atomic mass is 32.3. The van der Waals surface area contributed by atoms with E-state index in [1.807, 2.05) is 24.3 Å². The summed E-state index contributed by atoms with van der Waals surface area (Å²) in [7, 11) is 0.498. The molecule has 3 aromatic rings. The highest BCUT2D eigenvalue weighted by Crippen LogP contribution is 2.45. The Balaban J connectivity index is 1.85. The smallest absolute Gasteiger partial charge is 0.293 e. The third-order valence-electron chi connectivity index (χ3n) is 5.30. The number of aromatic nitrogens is 1. The third-order valence-corrected chi connectivity index (χ3v) is 6.99. The van der Waals surface area contributed by atoms with E-state index in [9.17, 15) is 23.5 Å². The van der Waals surface area contributed by atoms with E-state index in [0.717, 1.165) is 6.07 Å². The van der Waals surface area contributed by atoms with Crippen LogP contribution in [0.15, 0.2) is 64.0 Å². The average molecular weight is 522 g/mol. The summed E-state index contributed by atoms with van der Waals surface area (Å²) in [5.41, 5.74) is 1.67. The molecule has 1 heterocycles. The van der Waals surface area contributed by atoms with Gasteiger partial charge in [-0.1, -0.05) is 24.3 Å². The molecule has 0 aliphatic heterocycles. The zero-order chi connectivity index (χ0) is 26.5. The molecule has 1 unspecified atom stereocenters. The number of likely N-dealkylation sites (N-methyl/N-ethyl adjacent to an activating group) is 1. The summed E-state index contributed by atoms with van der Waals surface area (Å²) >= 11 is 0. The van der Waals surface area contributed by atoms with Gasteiger partial charge in [-0.15, -0.1) is 0 Å². The van der Waals surface area contributed by atoms with Crippen LogP contribution in [0.3, 0.4) is 0 Å². The summed E-state index contributed by atoms with van der Waals surface area (Å²) in [6.07, 6.45) is 3.94. The summed E-state index contributed by atoms with van der Waals surface area (Å²) in [5.74, 6) is -1.84. The van der Waals surface area contributed by atoms with Gasteiger partial charge in [-0.05, 0) is 64.2 Å². The van der Waals surface area contributed by atoms with Gasteiger partial charge in [0.1, 0.15) is 12.6 Å². The highest BCUT2D eigenvalue weighted by Gasteiger charge is 2.31. The van der Waals surface area contributed by atoms with Crippen molar-refractivity contribution in [2.45, 2.75) is 24.0 Å². The summed E-state index contributed by atoms with van der Waals surface area (Å²) in [5, 5.41) is 15.6. The SMILES string of the molecule is CN(C(=O)c1cc(O)no1)C(C(=O)Nc1ccc(S(C)(C)C)cc1)c1ccc(COCC(F)F)cc1. The molecule has 0 radical (unpaired) electrons. The van der Waals surface area contributed by atoms with Gasteiger partial charge >= 0.3 is 0 Å². The van der Waals surface area contributed by atoms with Gasteiger partial charge in [-0.3, -0.25) is 9.59 Å². The van der Waals surface area contributed by atoms with Gasteiger partial charge in [0.2, 0.25) is 5.76 Å². The van der Waals surface area contributed by atoms with Gasteiger partial charge in [0, 0.05) is 12.7 Å². The number of amides is 2. The van der Waals surface area contributed by atoms with Gasteiger partial charge in [0.15, 0.2) is 0 Å². The number of aromatic hydroxyl groups is 1. The van der Waals surface area contributed by atoms with Crippen LogP contribution in [0.5, 0.6) is 5.88 Å². The van der Waals surface area contributed by atoms with Crippen LogP contribution in [0.25, 0.3) is 0 Å². The molecule has 1 aromatic heterocycles. The molecule has 2 amide bonds. The fourth-order valence-corrected chi connectivity index (χ4v) is 4.38. The number of hydrogen-bond acceptors (Lipinski definition) is 6. The number of carbonyl (C=O) groups excluding carboxylic acids is 2. The number of rotatable bonds is 10. The van der Waals surface area contributed by atoms with Gasteiger partial charge in [0.25, 0.3) is 24.1 Å². The number of anilines is 1. The number of nitrogens with zero attached hydrogens (tertiary/aromatic N) is 2. The van der Waals surface area contributed by atoms with E-state index in [0.29, 0.717) is 16.8 Å². The molecule has 36 heavy (non-hydrogen) atoms. The molecule has 0 spiro atoms. The Kier molecular flexibility index (Phi) is 8.70. The maximum atomic E-state index is 13.4. The number of benzene rings is 2. The van der Waals surface area contributed by atoms with E-state index in [4.69, 9.17) is 9.26 Å². The molecular formula is C25H29F2N3O5S. The van der Waals surface area contributed by atoms with Crippen LogP contribution in [0.1, 0.15) is 27.7 Å². The maximum absolute atomic E-state index is 13.4. The first-order valence-electron chi connectivity index (χ1n) is 10.9. The fourth-order valence-electron chi connectivity index (χ4n) is 3.43. The molecule has 0 aliphatic carbocycles. The minimum absolute atomic E-state index is 0.0181. The summed E-state index contributed by atoms with van der Waals surface area (Å²) < 4.78 is 34.5. The zero-order valence-corrected chi connectivity index (χ0v) is 21.2. The third kappa shape index (κ3) is 7.05. The number of nitrogens with one attached hydrogen (secondary N) is 1. The summed E-state index contributed by atoms with van der Waals surface area (Å²) in [4.78, 5) is 28.7. The van der Waals surface area contributed by atoms with Crippen molar-refractivity contribution in [2.24, 2.45) is 0 Å². The monoisotopic (exact) mass is 521 g/mol. The Morgan fingerprint density at radius 1 is 1.11 bits per heavy atom. The second-order valence-electron chi connectivity index (χ2n) is 8.87. The first-order valence-corrected chi connectivity index (χ1v) is 13.8. The standard InChI is InChI=1S/C25H29F2N3O5S/c1-30(25(33)20-13-22(31)29-35-20)23(17-7-5-16(6-8-17)14-34-15-21(26)27)24(32)28-18-9-11-19(12-10-18)36(2,3)4/h5-13,21,23H,14-15H2,1-4H3,(H,28,32)(H,29,31). The Morgan fingerprint density at radius 3 is 2.28 bits per heavy atom. The Hall–Kier alpha value is -3.44. The lowest BCUT2D eigenvalue weighted by Gasteiger charge is -2.28. The van der Waals surface area contributed by atoms with E-state index >= 15 is 0 Å². The Labute approximate surface area is 209 Å². The highest BCUT2D eigenvalue weighted by molar-refractivity contribution is 8.32. The molecule has 2 aromatic carbocycles. The molecule has 2 N–H and O–H groups in total. The lowest BCUT2D eigenvalue weighted by Crippen LogP contribution is -2.38. The number of hydrogen-bond donors (Lipinski definition) is 2. The van der Waals surface area contributed by atoms with E-state index < -0.39 is 46.8 Å². The Bertz CT molecular complexity index is 1180. The molecule has 0 fully saturated rings. The molecule has 1 atom stereocenters. The van der Waals surface area contributed by atoms with Crippen molar-refractivity contribution in [3.8, 4) is 5.88 Å². The van der Waals surface area contributed by atoms with Crippen LogP contribution >= 0.6 is 10.0 Å². The molecule has 8 nitrogen and oxygen atoms in total. The van der Waals surface area contributed by atoms with Gasteiger partial charge in [-0.2, -0.15) is 0 Å². The minimum Gasteiger partial charge on any atom is -0.491 e. The minimum atomic E-state index is -2.56. The van der Waals surface area contributed by atoms with Crippen molar-refractivity contribution in [2.75, 3.05) is 37.7 Å². The normalized spacial score (nSPS) is 12.9. The number of carbonyl (C=O) groups is 2. The van der Waals surface area contributed by atoms with Crippen molar-refractivity contribution in [3.05, 3.63) is 71.5 Å². The lowest BCUT2D eigenvalue weighted by atomic mass is 10.0. The van der Waals surface area contributed by atoms with Crippen LogP contribution < -0.4 is 5.32 Å². The topological polar surface area (TPSA) is 105 Å². The quantitative estimate of drug-likeness (QED) is 0.402. The Morgan fingerprint density at radius 2 is 1.75 bits per heavy atom. The predicted molar refractivity (Wildman–Crippen MR) is 134 cm³/mol. The second kappa shape index (κ2) is 11.5. The number of alkyl halides is 2. The van der Waals surface area contributed by atoms with Crippen LogP contribution in [-0.4, -0.2) is 65.8 Å². The van der Waals surface area contributed by atoms with E-state index in [-0.39, 0.29) is 12.4 Å². The van der Waals surface area contributed by atoms with Crippen LogP contribution in [-0.2, 0) is 16.1 Å². The van der Waals surface area contributed by atoms with Crippen molar-refractivity contribution in [1.82, 2.24) is 10.1 Å². The first-order chi connectivity index (χ1) is 17.0. The van der Waals surface area contributed by atoms with E-state index in [2.05, 4.69) is 29.2 Å². The predicted octanol–water partition coefficient (Wildman–Crippen LogP) is 4.67. The average Bonchev–Trinajstić information content (AvgIpc) is 3.25. The molecule has 194 valence electrons. The maximum Gasteiger partial charge on any atom is 0.293 e. The molecule has 3 rings (SSSR count). The van der Waals surface area contributed by atoms with Gasteiger partial charge < -0.3 is 24.6 Å². The number of halogens is 2. The van der Waals surface area contributed by atoms with Crippen molar-refractivity contribution >= 4 is 27.5 Å². The number of ether oxygens (including phenoxy) is 1. The summed E-state index contributed by atoms with van der Waals surface area (Å²) in [6.45, 7) is -0.695. The van der Waals surface area contributed by atoms with Crippen molar-refractivity contribution in [1.29, 1.82) is 0 Å². The molecule has 0 saturated carbocycles. The van der Waals surface area contributed by atoms with Crippen molar-refractivity contribution < 1.29 is 32.7 Å². The van der Waals surface area contributed by atoms with E-state index in [1.165, 1.54) is 16.8 Å².